The zero-order chi connectivity index (χ0) is 45.4. The van der Waals surface area contributed by atoms with Gasteiger partial charge in [-0.2, -0.15) is 4.31 Å². The Morgan fingerprint density at radius 1 is 0.935 bits per heavy atom. The van der Waals surface area contributed by atoms with Gasteiger partial charge in [0.15, 0.2) is 0 Å². The van der Waals surface area contributed by atoms with Crippen molar-refractivity contribution in [3.05, 3.63) is 83.9 Å². The first-order valence-corrected chi connectivity index (χ1v) is 22.0. The molecule has 0 spiro atoms. The number of anilines is 2. The number of rotatable bonds is 20. The normalized spacial score (nSPS) is 15.2. The summed E-state index contributed by atoms with van der Waals surface area (Å²) in [6.07, 6.45) is 3.32. The van der Waals surface area contributed by atoms with Crippen molar-refractivity contribution in [2.75, 3.05) is 30.7 Å². The van der Waals surface area contributed by atoms with Crippen molar-refractivity contribution >= 4 is 62.3 Å². The van der Waals surface area contributed by atoms with Gasteiger partial charge < -0.3 is 43.0 Å². The predicted molar refractivity (Wildman–Crippen MR) is 235 cm³/mol. The Bertz CT molecular complexity index is 2410. The number of unbranched alkanes of at least 4 members (excludes halogenated alkanes) is 2. The zero-order valence-electron chi connectivity index (χ0n) is 35.3. The highest BCUT2D eigenvalue weighted by Gasteiger charge is 2.50. The number of carboxylic acids is 1. The fourth-order valence-corrected chi connectivity index (χ4v) is 9.16. The summed E-state index contributed by atoms with van der Waals surface area (Å²) < 4.78 is 34.9. The molecule has 18 heteroatoms. The van der Waals surface area contributed by atoms with E-state index in [4.69, 9.17) is 21.9 Å². The summed E-state index contributed by atoms with van der Waals surface area (Å²) in [5, 5.41) is 18.2. The lowest BCUT2D eigenvalue weighted by Crippen LogP contribution is -2.58. The average Bonchev–Trinajstić information content (AvgIpc) is 3.18. The molecule has 332 valence electrons. The van der Waals surface area contributed by atoms with Crippen molar-refractivity contribution in [3.63, 3.8) is 0 Å². The first-order chi connectivity index (χ1) is 29.3. The molecule has 3 aromatic carbocycles. The maximum atomic E-state index is 14.0. The molecular formula is C44H56N8O9S. The summed E-state index contributed by atoms with van der Waals surface area (Å²) in [6, 6.07) is 18.8. The lowest BCUT2D eigenvalue weighted by Gasteiger charge is -2.47. The Balaban J connectivity index is 1.29. The number of benzene rings is 3. The quantitative estimate of drug-likeness (QED) is 0.0454. The first kappa shape index (κ1) is 46.8. The van der Waals surface area contributed by atoms with E-state index in [0.29, 0.717) is 28.1 Å². The van der Waals surface area contributed by atoms with Crippen LogP contribution in [0.15, 0.2) is 77.7 Å². The van der Waals surface area contributed by atoms with Crippen LogP contribution in [0.1, 0.15) is 70.9 Å². The zero-order valence-corrected chi connectivity index (χ0v) is 36.2. The number of ether oxygens (including phenoxy) is 1. The second-order valence-corrected chi connectivity index (χ2v) is 18.0. The lowest BCUT2D eigenvalue weighted by molar-refractivity contribution is -0.149. The largest absolute Gasteiger partial charge is 0.481 e. The Labute approximate surface area is 361 Å². The van der Waals surface area contributed by atoms with Crippen LogP contribution in [0.5, 0.6) is 0 Å². The summed E-state index contributed by atoms with van der Waals surface area (Å²) in [5.41, 5.74) is 19.5. The fraction of sp³-hybridized carbons (Fsp3) is 0.409. The van der Waals surface area contributed by atoms with Crippen LogP contribution in [-0.2, 0) is 41.2 Å². The fourth-order valence-electron chi connectivity index (χ4n) is 7.59. The van der Waals surface area contributed by atoms with Gasteiger partial charge in [-0.1, -0.05) is 70.0 Å². The number of carbonyl (C=O) groups is 5. The van der Waals surface area contributed by atoms with E-state index in [0.717, 1.165) is 42.2 Å². The van der Waals surface area contributed by atoms with Crippen molar-refractivity contribution < 1.29 is 42.2 Å². The summed E-state index contributed by atoms with van der Waals surface area (Å²) in [5.74, 6) is -4.80. The van der Waals surface area contributed by atoms with E-state index in [1.807, 2.05) is 24.3 Å². The minimum absolute atomic E-state index is 0.00823. The van der Waals surface area contributed by atoms with Crippen LogP contribution >= 0.6 is 0 Å². The van der Waals surface area contributed by atoms with E-state index in [-0.39, 0.29) is 37.4 Å². The number of aryl methyl sites for hydroxylation is 1. The minimum atomic E-state index is -3.98. The van der Waals surface area contributed by atoms with E-state index < -0.39 is 69.3 Å². The van der Waals surface area contributed by atoms with Crippen molar-refractivity contribution in [2.24, 2.45) is 29.2 Å². The molecule has 1 aromatic heterocycles. The second kappa shape index (κ2) is 20.1. The number of carboxylic acid groups (broad SMARTS) is 1. The molecule has 1 unspecified atom stereocenters. The smallest absolute Gasteiger partial charge is 0.405 e. The molecule has 5 rings (SSSR count). The minimum Gasteiger partial charge on any atom is -0.481 e. The number of hydrogen-bond donors (Lipinski definition) is 7. The van der Waals surface area contributed by atoms with Gasteiger partial charge in [-0.05, 0) is 97.2 Å². The number of nitrogen functional groups attached to an aromatic ring is 1. The van der Waals surface area contributed by atoms with Gasteiger partial charge in [0.1, 0.15) is 23.4 Å². The van der Waals surface area contributed by atoms with Gasteiger partial charge in [0.2, 0.25) is 21.8 Å². The predicted octanol–water partition coefficient (Wildman–Crippen LogP) is 5.08. The molecule has 1 aliphatic heterocycles. The average molecular weight is 873 g/mol. The highest BCUT2D eigenvalue weighted by molar-refractivity contribution is 7.89. The number of fused-ring (bicyclic) bond motifs is 1. The molecular weight excluding hydrogens is 817 g/mol. The number of pyridine rings is 1. The number of nitrogens with two attached hydrogens (primary N) is 3. The molecule has 10 N–H and O–H groups in total. The number of aliphatic carboxylic acids is 1. The molecule has 5 amide bonds. The third-order valence-electron chi connectivity index (χ3n) is 11.3. The topological polar surface area (TPSA) is 279 Å². The third-order valence-corrected chi connectivity index (χ3v) is 13.1. The number of nitrogens with zero attached hydrogens (tertiary/aromatic N) is 2. The number of hydrogen-bond acceptors (Lipinski definition) is 10. The van der Waals surface area contributed by atoms with Crippen LogP contribution in [-0.4, -0.2) is 78.4 Å². The third kappa shape index (κ3) is 11.2. The monoisotopic (exact) mass is 872 g/mol. The summed E-state index contributed by atoms with van der Waals surface area (Å²) in [4.78, 5) is 66.3. The molecule has 2 heterocycles. The molecule has 1 aliphatic rings. The molecule has 17 nitrogen and oxygen atoms in total. The van der Waals surface area contributed by atoms with Crippen molar-refractivity contribution in [3.8, 4) is 11.1 Å². The van der Waals surface area contributed by atoms with Gasteiger partial charge in [-0.15, -0.1) is 0 Å². The maximum Gasteiger partial charge on any atom is 0.405 e. The summed E-state index contributed by atoms with van der Waals surface area (Å²) >= 11 is 0. The van der Waals surface area contributed by atoms with Gasteiger partial charge in [0.05, 0.1) is 10.4 Å². The number of urea groups is 1. The molecule has 0 radical (unpaired) electrons. The van der Waals surface area contributed by atoms with Crippen molar-refractivity contribution in [1.82, 2.24) is 19.9 Å². The number of nitrogens with one attached hydrogen (secondary N) is 3. The summed E-state index contributed by atoms with van der Waals surface area (Å²) in [7, 11) is -3.98. The Hall–Kier alpha value is -6.27. The SMILES string of the molecule is CCCCCc1cc2ccc(-c3cccc(S(=O)(=O)N4CC(C(C)(OC(N)=O)c5ccc(NC(=O)[C@H](CCCNC(N)=O)NC(=O)[C@@H](C(=O)O)C(C)C)cc5)C4)c3)cc2nc1N. The number of primary amides is 2. The van der Waals surface area contributed by atoms with E-state index in [2.05, 4.69) is 33.9 Å². The molecule has 1 fully saturated rings. The van der Waals surface area contributed by atoms with Gasteiger partial charge in [-0.25, -0.2) is 23.0 Å². The summed E-state index contributed by atoms with van der Waals surface area (Å²) in [6.45, 7) is 7.06. The highest BCUT2D eigenvalue weighted by atomic mass is 32.2. The number of carbonyl (C=O) groups excluding carboxylic acids is 4. The van der Waals surface area contributed by atoms with Gasteiger partial charge in [0.25, 0.3) is 0 Å². The molecule has 0 aliphatic carbocycles. The van der Waals surface area contributed by atoms with Crippen molar-refractivity contribution in [2.45, 2.75) is 82.8 Å². The van der Waals surface area contributed by atoms with Crippen LogP contribution in [0.3, 0.4) is 0 Å². The van der Waals surface area contributed by atoms with E-state index in [1.165, 1.54) is 10.4 Å². The van der Waals surface area contributed by atoms with Crippen LogP contribution < -0.4 is 33.2 Å². The van der Waals surface area contributed by atoms with Gasteiger partial charge in [-0.3, -0.25) is 14.4 Å². The number of sulfonamides is 1. The Kier molecular flexibility index (Phi) is 15.1. The molecule has 62 heavy (non-hydrogen) atoms. The maximum absolute atomic E-state index is 14.0. The van der Waals surface area contributed by atoms with E-state index in [9.17, 15) is 37.5 Å². The molecule has 1 saturated heterocycles. The Morgan fingerprint density at radius 2 is 1.63 bits per heavy atom. The van der Waals surface area contributed by atoms with E-state index >= 15 is 0 Å². The molecule has 3 atom stereocenters. The van der Waals surface area contributed by atoms with Crippen molar-refractivity contribution in [1.29, 1.82) is 0 Å². The molecule has 0 bridgehead atoms. The van der Waals surface area contributed by atoms with E-state index in [1.54, 1.807) is 57.2 Å². The number of aromatic nitrogens is 1. The van der Waals surface area contributed by atoms with Gasteiger partial charge in [0, 0.05) is 36.6 Å². The second-order valence-electron chi connectivity index (χ2n) is 16.1. The van der Waals surface area contributed by atoms with Crippen LogP contribution in [0.4, 0.5) is 21.1 Å². The highest BCUT2D eigenvalue weighted by Crippen LogP contribution is 2.42. The molecule has 4 aromatic rings. The first-order valence-electron chi connectivity index (χ1n) is 20.6. The number of amides is 5. The van der Waals surface area contributed by atoms with Crippen LogP contribution in [0, 0.1) is 17.8 Å². The lowest BCUT2D eigenvalue weighted by atomic mass is 9.79. The van der Waals surface area contributed by atoms with Crippen LogP contribution in [0.2, 0.25) is 0 Å². The van der Waals surface area contributed by atoms with Gasteiger partial charge >= 0.3 is 18.1 Å². The van der Waals surface area contributed by atoms with Crippen LogP contribution in [0.25, 0.3) is 22.0 Å². The Morgan fingerprint density at radius 3 is 2.26 bits per heavy atom. The standard InChI is InChI=1S/C44H56N8O9S/c1-5-6-7-10-30-21-29-15-14-28(23-36(29)50-38(30)45)27-11-8-12-34(22-27)62(59,60)52-24-32(25-52)44(4,61-43(47)58)31-16-18-33(19-17-31)49-39(53)35(13-9-20-48-42(46)57)51-40(54)37(26(2)3)41(55)56/h8,11-12,14-19,21-23,26,32,35,37H,5-7,9-10,13,20,24-25H2,1-4H3,(H2,45,50)(H2,47,58)(H,49,53)(H,51,54)(H,55,56)(H3,46,48,57)/t35-,37-,44?/m0/s1. The molecule has 0 saturated carbocycles.